The van der Waals surface area contributed by atoms with E-state index in [1.54, 1.807) is 6.92 Å². The minimum Gasteiger partial charge on any atom is -0.481 e. The number of carboxylic acids is 1. The smallest absolute Gasteiger partial charge is 0.311 e. The van der Waals surface area contributed by atoms with Crippen LogP contribution in [0.2, 0.25) is 0 Å². The van der Waals surface area contributed by atoms with E-state index >= 15 is 0 Å². The first-order valence-corrected chi connectivity index (χ1v) is 8.93. The Bertz CT molecular complexity index is 752. The lowest BCUT2D eigenvalue weighted by Crippen LogP contribution is -2.47. The molecule has 10 heteroatoms. The predicted molar refractivity (Wildman–Crippen MR) is 82.7 cm³/mol. The van der Waals surface area contributed by atoms with E-state index in [4.69, 9.17) is 4.52 Å². The van der Waals surface area contributed by atoms with E-state index in [9.17, 15) is 23.1 Å². The minimum atomic E-state index is -3.97. The Morgan fingerprint density at radius 1 is 1.42 bits per heavy atom. The monoisotopic (exact) mass is 359 g/mol. The Morgan fingerprint density at radius 3 is 2.50 bits per heavy atom. The van der Waals surface area contributed by atoms with Crippen LogP contribution >= 0.6 is 0 Å². The van der Waals surface area contributed by atoms with Crippen LogP contribution in [0.1, 0.15) is 31.7 Å². The van der Waals surface area contributed by atoms with E-state index in [2.05, 4.69) is 9.88 Å². The third kappa shape index (κ3) is 3.29. The second-order valence-corrected chi connectivity index (χ2v) is 8.02. The average molecular weight is 359 g/mol. The molecule has 2 N–H and O–H groups in total. The molecule has 24 heavy (non-hydrogen) atoms. The largest absolute Gasteiger partial charge is 0.481 e. The Morgan fingerprint density at radius 2 is 2.04 bits per heavy atom. The molecular weight excluding hydrogens is 338 g/mol. The van der Waals surface area contributed by atoms with Gasteiger partial charge in [0.1, 0.15) is 10.6 Å². The normalized spacial score (nSPS) is 22.6. The molecule has 1 aromatic heterocycles. The summed E-state index contributed by atoms with van der Waals surface area (Å²) in [6, 6.07) is -1.03. The topological polar surface area (TPSA) is 130 Å². The molecule has 0 bridgehead atoms. The fourth-order valence-corrected chi connectivity index (χ4v) is 4.32. The van der Waals surface area contributed by atoms with Gasteiger partial charge >= 0.3 is 5.97 Å². The molecule has 1 saturated heterocycles. The lowest BCUT2D eigenvalue weighted by atomic mass is 9.90. The Kier molecular flexibility index (Phi) is 4.73. The highest BCUT2D eigenvalue weighted by Gasteiger charge is 2.43. The second kappa shape index (κ2) is 6.17. The summed E-state index contributed by atoms with van der Waals surface area (Å²) in [5.74, 6) is -1.30. The van der Waals surface area contributed by atoms with Crippen molar-refractivity contribution in [1.82, 2.24) is 14.8 Å². The molecule has 2 rings (SSSR count). The molecular formula is C14H21N3O6S. The van der Waals surface area contributed by atoms with E-state index in [0.29, 0.717) is 6.42 Å². The van der Waals surface area contributed by atoms with Gasteiger partial charge in [0.25, 0.3) is 0 Å². The summed E-state index contributed by atoms with van der Waals surface area (Å²) >= 11 is 0. The molecule has 1 aromatic rings. The fraction of sp³-hybridized carbons (Fsp3) is 0.643. The van der Waals surface area contributed by atoms with Gasteiger partial charge in [-0.3, -0.25) is 9.59 Å². The van der Waals surface area contributed by atoms with Crippen LogP contribution in [0.5, 0.6) is 0 Å². The van der Waals surface area contributed by atoms with E-state index in [1.165, 1.54) is 25.7 Å². The van der Waals surface area contributed by atoms with Crippen molar-refractivity contribution in [2.45, 2.75) is 45.1 Å². The number of likely N-dealkylation sites (tertiary alicyclic amines) is 1. The summed E-state index contributed by atoms with van der Waals surface area (Å²) in [6.07, 6.45) is 0.331. The first-order valence-electron chi connectivity index (χ1n) is 7.45. The molecule has 0 saturated carbocycles. The number of carboxylic acid groups (broad SMARTS) is 1. The number of hydrogen-bond acceptors (Lipinski definition) is 6. The molecule has 1 fully saturated rings. The van der Waals surface area contributed by atoms with E-state index < -0.39 is 33.4 Å². The molecule has 0 aliphatic carbocycles. The van der Waals surface area contributed by atoms with Gasteiger partial charge < -0.3 is 14.5 Å². The van der Waals surface area contributed by atoms with Crippen LogP contribution in [0.15, 0.2) is 9.42 Å². The molecule has 1 aliphatic rings. The zero-order valence-electron chi connectivity index (χ0n) is 14.0. The van der Waals surface area contributed by atoms with Crippen molar-refractivity contribution >= 4 is 21.9 Å². The van der Waals surface area contributed by atoms with Crippen LogP contribution in [0.3, 0.4) is 0 Å². The van der Waals surface area contributed by atoms with Crippen molar-refractivity contribution in [3.63, 3.8) is 0 Å². The highest BCUT2D eigenvalue weighted by molar-refractivity contribution is 7.89. The number of aryl methyl sites for hydroxylation is 2. The van der Waals surface area contributed by atoms with Gasteiger partial charge in [-0.15, -0.1) is 0 Å². The van der Waals surface area contributed by atoms with Gasteiger partial charge in [-0.1, -0.05) is 5.16 Å². The van der Waals surface area contributed by atoms with Gasteiger partial charge in [-0.25, -0.2) is 8.42 Å². The van der Waals surface area contributed by atoms with E-state index in [0.717, 1.165) is 0 Å². The van der Waals surface area contributed by atoms with E-state index in [1.807, 2.05) is 0 Å². The lowest BCUT2D eigenvalue weighted by molar-refractivity contribution is -0.147. The number of carbonyl (C=O) groups is 2. The number of amides is 1. The summed E-state index contributed by atoms with van der Waals surface area (Å²) in [6.45, 7) is 6.30. The Labute approximate surface area is 140 Å². The molecule has 0 spiro atoms. The van der Waals surface area contributed by atoms with Crippen molar-refractivity contribution < 1.29 is 27.6 Å². The number of nitrogens with zero attached hydrogens (tertiary/aromatic N) is 2. The maximum Gasteiger partial charge on any atom is 0.311 e. The molecule has 2 unspecified atom stereocenters. The number of carbonyl (C=O) groups excluding carboxylic acids is 1. The van der Waals surface area contributed by atoms with Crippen LogP contribution in [0.4, 0.5) is 0 Å². The standard InChI is InChI=1S/C14H21N3O6S/c1-8-11(10(3)23-15-8)24(21,22)16-9(2)12(18)17-6-5-14(4,7-17)13(19)20/h9,16H,5-7H2,1-4H3,(H,19,20). The summed E-state index contributed by atoms with van der Waals surface area (Å²) in [5.41, 5.74) is -0.796. The quantitative estimate of drug-likeness (QED) is 0.772. The van der Waals surface area contributed by atoms with Gasteiger partial charge in [0, 0.05) is 13.1 Å². The van der Waals surface area contributed by atoms with Crippen LogP contribution in [0.25, 0.3) is 0 Å². The molecule has 2 atom stereocenters. The first kappa shape index (κ1) is 18.4. The lowest BCUT2D eigenvalue weighted by Gasteiger charge is -2.23. The van der Waals surface area contributed by atoms with Crippen LogP contribution in [-0.2, 0) is 19.6 Å². The van der Waals surface area contributed by atoms with Gasteiger partial charge in [0.05, 0.1) is 11.5 Å². The van der Waals surface area contributed by atoms with Crippen LogP contribution in [-0.4, -0.2) is 54.6 Å². The minimum absolute atomic E-state index is 0.0541. The molecule has 9 nitrogen and oxygen atoms in total. The molecule has 1 amide bonds. The third-order valence-corrected chi connectivity index (χ3v) is 6.02. The fourth-order valence-electron chi connectivity index (χ4n) is 2.80. The molecule has 2 heterocycles. The van der Waals surface area contributed by atoms with Crippen molar-refractivity contribution in [3.8, 4) is 0 Å². The average Bonchev–Trinajstić information content (AvgIpc) is 3.02. The summed E-state index contributed by atoms with van der Waals surface area (Å²) < 4.78 is 32.0. The Hall–Kier alpha value is -1.94. The first-order chi connectivity index (χ1) is 11.0. The third-order valence-electron chi connectivity index (χ3n) is 4.24. The van der Waals surface area contributed by atoms with Crippen molar-refractivity contribution in [2.75, 3.05) is 13.1 Å². The second-order valence-electron chi connectivity index (χ2n) is 6.37. The zero-order chi connectivity index (χ0) is 18.3. The predicted octanol–water partition coefficient (Wildman–Crippen LogP) is 0.281. The summed E-state index contributed by atoms with van der Waals surface area (Å²) in [7, 11) is -3.97. The van der Waals surface area contributed by atoms with Gasteiger partial charge in [0.2, 0.25) is 15.9 Å². The highest BCUT2D eigenvalue weighted by atomic mass is 32.2. The number of aliphatic carboxylic acids is 1. The number of rotatable bonds is 5. The number of hydrogen-bond donors (Lipinski definition) is 2. The summed E-state index contributed by atoms with van der Waals surface area (Å²) in [4.78, 5) is 25.0. The Balaban J connectivity index is 2.11. The zero-order valence-corrected chi connectivity index (χ0v) is 14.8. The van der Waals surface area contributed by atoms with Crippen LogP contribution < -0.4 is 4.72 Å². The number of nitrogens with one attached hydrogen (secondary N) is 1. The van der Waals surface area contributed by atoms with Crippen LogP contribution in [0, 0.1) is 19.3 Å². The summed E-state index contributed by atoms with van der Waals surface area (Å²) in [5, 5.41) is 12.8. The molecule has 1 aliphatic heterocycles. The maximum atomic E-state index is 12.4. The van der Waals surface area contributed by atoms with E-state index in [-0.39, 0.29) is 29.4 Å². The van der Waals surface area contributed by atoms with Crippen molar-refractivity contribution in [2.24, 2.45) is 5.41 Å². The maximum absolute atomic E-state index is 12.4. The van der Waals surface area contributed by atoms with Gasteiger partial charge in [-0.2, -0.15) is 4.72 Å². The van der Waals surface area contributed by atoms with Crippen molar-refractivity contribution in [3.05, 3.63) is 11.5 Å². The van der Waals surface area contributed by atoms with Crippen molar-refractivity contribution in [1.29, 1.82) is 0 Å². The number of sulfonamides is 1. The molecule has 0 aromatic carbocycles. The molecule has 0 radical (unpaired) electrons. The SMILES string of the molecule is Cc1noc(C)c1S(=O)(=O)NC(C)C(=O)N1CCC(C)(C(=O)O)C1. The van der Waals surface area contributed by atoms with Gasteiger partial charge in [0.15, 0.2) is 5.76 Å². The molecule has 134 valence electrons. The highest BCUT2D eigenvalue weighted by Crippen LogP contribution is 2.30. The van der Waals surface area contributed by atoms with Gasteiger partial charge in [-0.05, 0) is 34.1 Å². The number of aromatic nitrogens is 1.